The lowest BCUT2D eigenvalue weighted by Gasteiger charge is -2.06. The minimum atomic E-state index is 0.0758. The van der Waals surface area contributed by atoms with Crippen LogP contribution in [0.5, 0.6) is 0 Å². The van der Waals surface area contributed by atoms with E-state index in [4.69, 9.17) is 0 Å². The normalized spacial score (nSPS) is 24.7. The molecule has 1 saturated heterocycles. The van der Waals surface area contributed by atoms with Crippen LogP contribution in [-0.4, -0.2) is 25.5 Å². The van der Waals surface area contributed by atoms with Gasteiger partial charge in [0.05, 0.1) is 0 Å². The molecule has 1 aliphatic heterocycles. The molecule has 0 spiro atoms. The monoisotopic (exact) mass is 142 g/mol. The summed E-state index contributed by atoms with van der Waals surface area (Å²) < 4.78 is 0. The first kappa shape index (κ1) is 7.54. The topological polar surface area (TPSA) is 41.1 Å². The number of carbonyl (C=O) groups is 1. The maximum atomic E-state index is 10.5. The lowest BCUT2D eigenvalue weighted by Crippen LogP contribution is -2.27. The summed E-state index contributed by atoms with van der Waals surface area (Å²) in [6.45, 7) is 4.55. The van der Waals surface area contributed by atoms with E-state index >= 15 is 0 Å². The molecule has 0 aliphatic carbocycles. The SMILES string of the molecule is CC(=O)NCC1CCNC1. The highest BCUT2D eigenvalue weighted by molar-refractivity contribution is 5.72. The van der Waals surface area contributed by atoms with Crippen molar-refractivity contribution >= 4 is 5.91 Å². The average molecular weight is 142 g/mol. The number of rotatable bonds is 2. The Hall–Kier alpha value is -0.570. The first-order valence-corrected chi connectivity index (χ1v) is 3.74. The van der Waals surface area contributed by atoms with Crippen LogP contribution in [0.15, 0.2) is 0 Å². The van der Waals surface area contributed by atoms with Gasteiger partial charge in [-0.3, -0.25) is 4.79 Å². The molecular formula is C7H14N2O. The van der Waals surface area contributed by atoms with Crippen LogP contribution < -0.4 is 10.6 Å². The van der Waals surface area contributed by atoms with E-state index in [-0.39, 0.29) is 5.91 Å². The molecule has 1 unspecified atom stereocenters. The van der Waals surface area contributed by atoms with E-state index in [1.165, 1.54) is 6.42 Å². The molecule has 1 aliphatic rings. The van der Waals surface area contributed by atoms with Gasteiger partial charge in [-0.2, -0.15) is 0 Å². The third-order valence-electron chi connectivity index (χ3n) is 1.80. The lowest BCUT2D eigenvalue weighted by atomic mass is 10.1. The minimum Gasteiger partial charge on any atom is -0.356 e. The number of hydrogen-bond donors (Lipinski definition) is 2. The van der Waals surface area contributed by atoms with Crippen LogP contribution in [0.2, 0.25) is 0 Å². The molecule has 1 rings (SSSR count). The van der Waals surface area contributed by atoms with Crippen molar-refractivity contribution in [1.29, 1.82) is 0 Å². The molecule has 0 aromatic rings. The van der Waals surface area contributed by atoms with Gasteiger partial charge in [-0.15, -0.1) is 0 Å². The summed E-state index contributed by atoms with van der Waals surface area (Å²) >= 11 is 0. The zero-order chi connectivity index (χ0) is 7.40. The van der Waals surface area contributed by atoms with Crippen molar-refractivity contribution in [1.82, 2.24) is 10.6 Å². The molecule has 3 heteroatoms. The predicted molar refractivity (Wildman–Crippen MR) is 39.7 cm³/mol. The molecule has 58 valence electrons. The van der Waals surface area contributed by atoms with Crippen LogP contribution in [-0.2, 0) is 4.79 Å². The third kappa shape index (κ3) is 2.35. The van der Waals surface area contributed by atoms with Crippen LogP contribution in [0.3, 0.4) is 0 Å². The summed E-state index contributed by atoms with van der Waals surface area (Å²) in [4.78, 5) is 10.5. The van der Waals surface area contributed by atoms with Gasteiger partial charge in [0.1, 0.15) is 0 Å². The quantitative estimate of drug-likeness (QED) is 0.557. The molecule has 0 radical (unpaired) electrons. The Bertz CT molecular complexity index is 119. The van der Waals surface area contributed by atoms with Gasteiger partial charge in [-0.05, 0) is 25.4 Å². The standard InChI is InChI=1S/C7H14N2O/c1-6(10)9-5-7-2-3-8-4-7/h7-8H,2-5H2,1H3,(H,9,10). The fourth-order valence-electron chi connectivity index (χ4n) is 1.18. The van der Waals surface area contributed by atoms with Crippen molar-refractivity contribution in [2.24, 2.45) is 5.92 Å². The van der Waals surface area contributed by atoms with Crippen LogP contribution >= 0.6 is 0 Å². The van der Waals surface area contributed by atoms with E-state index in [1.54, 1.807) is 6.92 Å². The summed E-state index contributed by atoms with van der Waals surface area (Å²) in [5, 5.41) is 6.05. The fraction of sp³-hybridized carbons (Fsp3) is 0.857. The van der Waals surface area contributed by atoms with Crippen molar-refractivity contribution in [2.75, 3.05) is 19.6 Å². The molecule has 10 heavy (non-hydrogen) atoms. The Morgan fingerprint density at radius 3 is 3.10 bits per heavy atom. The van der Waals surface area contributed by atoms with E-state index in [0.717, 1.165) is 19.6 Å². The summed E-state index contributed by atoms with van der Waals surface area (Å²) in [5.41, 5.74) is 0. The van der Waals surface area contributed by atoms with E-state index < -0.39 is 0 Å². The Balaban J connectivity index is 2.07. The Kier molecular flexibility index (Phi) is 2.68. The van der Waals surface area contributed by atoms with Crippen LogP contribution in [0.4, 0.5) is 0 Å². The van der Waals surface area contributed by atoms with Crippen molar-refractivity contribution < 1.29 is 4.79 Å². The summed E-state index contributed by atoms with van der Waals surface area (Å²) in [5.74, 6) is 0.732. The molecule has 0 saturated carbocycles. The summed E-state index contributed by atoms with van der Waals surface area (Å²) in [6.07, 6.45) is 1.19. The van der Waals surface area contributed by atoms with Crippen LogP contribution in [0.1, 0.15) is 13.3 Å². The zero-order valence-corrected chi connectivity index (χ0v) is 6.31. The molecule has 1 atom stereocenters. The number of hydrogen-bond acceptors (Lipinski definition) is 2. The highest BCUT2D eigenvalue weighted by Crippen LogP contribution is 2.04. The molecule has 3 nitrogen and oxygen atoms in total. The molecule has 0 aromatic carbocycles. The molecule has 1 heterocycles. The lowest BCUT2D eigenvalue weighted by molar-refractivity contribution is -0.119. The first-order valence-electron chi connectivity index (χ1n) is 3.74. The number of nitrogens with one attached hydrogen (secondary N) is 2. The van der Waals surface area contributed by atoms with E-state index in [0.29, 0.717) is 5.92 Å². The molecule has 1 amide bonds. The van der Waals surface area contributed by atoms with Crippen molar-refractivity contribution in [3.63, 3.8) is 0 Å². The van der Waals surface area contributed by atoms with Crippen LogP contribution in [0.25, 0.3) is 0 Å². The maximum Gasteiger partial charge on any atom is 0.216 e. The van der Waals surface area contributed by atoms with E-state index in [1.807, 2.05) is 0 Å². The Morgan fingerprint density at radius 2 is 2.60 bits per heavy atom. The number of amides is 1. The van der Waals surface area contributed by atoms with Gasteiger partial charge >= 0.3 is 0 Å². The van der Waals surface area contributed by atoms with Gasteiger partial charge < -0.3 is 10.6 Å². The summed E-state index contributed by atoms with van der Waals surface area (Å²) in [7, 11) is 0. The zero-order valence-electron chi connectivity index (χ0n) is 6.31. The second-order valence-corrected chi connectivity index (χ2v) is 2.80. The molecule has 0 bridgehead atoms. The Morgan fingerprint density at radius 1 is 1.80 bits per heavy atom. The van der Waals surface area contributed by atoms with Crippen molar-refractivity contribution in [3.05, 3.63) is 0 Å². The van der Waals surface area contributed by atoms with Crippen molar-refractivity contribution in [2.45, 2.75) is 13.3 Å². The fourth-order valence-corrected chi connectivity index (χ4v) is 1.18. The van der Waals surface area contributed by atoms with Gasteiger partial charge in [-0.1, -0.05) is 0 Å². The van der Waals surface area contributed by atoms with E-state index in [2.05, 4.69) is 10.6 Å². The Labute approximate surface area is 61.2 Å². The summed E-state index contributed by atoms with van der Waals surface area (Å²) in [6, 6.07) is 0. The largest absolute Gasteiger partial charge is 0.356 e. The van der Waals surface area contributed by atoms with Gasteiger partial charge in [-0.25, -0.2) is 0 Å². The molecule has 2 N–H and O–H groups in total. The van der Waals surface area contributed by atoms with Gasteiger partial charge in [0, 0.05) is 13.5 Å². The maximum absolute atomic E-state index is 10.5. The van der Waals surface area contributed by atoms with Gasteiger partial charge in [0.2, 0.25) is 5.91 Å². The second-order valence-electron chi connectivity index (χ2n) is 2.80. The average Bonchev–Trinajstić information content (AvgIpc) is 2.34. The van der Waals surface area contributed by atoms with Gasteiger partial charge in [0.25, 0.3) is 0 Å². The van der Waals surface area contributed by atoms with E-state index in [9.17, 15) is 4.79 Å². The smallest absolute Gasteiger partial charge is 0.216 e. The minimum absolute atomic E-state index is 0.0758. The highest BCUT2D eigenvalue weighted by Gasteiger charge is 2.13. The predicted octanol–water partition coefficient (Wildman–Crippen LogP) is -0.268. The second kappa shape index (κ2) is 3.56. The van der Waals surface area contributed by atoms with Gasteiger partial charge in [0.15, 0.2) is 0 Å². The molecule has 1 fully saturated rings. The number of carbonyl (C=O) groups excluding carboxylic acids is 1. The highest BCUT2D eigenvalue weighted by atomic mass is 16.1. The third-order valence-corrected chi connectivity index (χ3v) is 1.80. The first-order chi connectivity index (χ1) is 4.79. The molecule has 0 aromatic heterocycles. The van der Waals surface area contributed by atoms with Crippen molar-refractivity contribution in [3.8, 4) is 0 Å². The molecular weight excluding hydrogens is 128 g/mol. The van der Waals surface area contributed by atoms with Crippen LogP contribution in [0, 0.1) is 5.92 Å².